The number of ether oxygens (including phenoxy) is 3. The van der Waals surface area contributed by atoms with Crippen LogP contribution in [-0.4, -0.2) is 31.2 Å². The molecule has 0 N–H and O–H groups in total. The summed E-state index contributed by atoms with van der Waals surface area (Å²) in [7, 11) is 3.33. The van der Waals surface area contributed by atoms with Crippen LogP contribution in [0.2, 0.25) is 0 Å². The van der Waals surface area contributed by atoms with Crippen LogP contribution in [0.1, 0.15) is 55.7 Å². The first-order valence-electron chi connectivity index (χ1n) is 10.6. The largest absolute Gasteiger partial charge is 0.493 e. The smallest absolute Gasteiger partial charge is 0.190 e. The van der Waals surface area contributed by atoms with Gasteiger partial charge in [-0.3, -0.25) is 0 Å². The molecule has 2 aliphatic heterocycles. The predicted molar refractivity (Wildman–Crippen MR) is 113 cm³/mol. The van der Waals surface area contributed by atoms with E-state index >= 15 is 0 Å². The third-order valence-corrected chi connectivity index (χ3v) is 6.50. The molecule has 2 aromatic carbocycles. The number of methoxy groups -OCH3 is 2. The normalized spacial score (nSPS) is 23.7. The van der Waals surface area contributed by atoms with Crippen LogP contribution < -0.4 is 14.2 Å². The predicted octanol–water partition coefficient (Wildman–Crippen LogP) is 5.15. The number of hydrazone groups is 1. The maximum Gasteiger partial charge on any atom is 0.190 e. The summed E-state index contributed by atoms with van der Waals surface area (Å²) in [4.78, 5) is 0. The lowest BCUT2D eigenvalue weighted by molar-refractivity contribution is -0.0643. The molecule has 0 unspecified atom stereocenters. The van der Waals surface area contributed by atoms with Crippen LogP contribution in [0, 0.1) is 5.92 Å². The lowest BCUT2D eigenvalue weighted by atomic mass is 9.86. The summed E-state index contributed by atoms with van der Waals surface area (Å²) in [5, 5.41) is 7.34. The summed E-state index contributed by atoms with van der Waals surface area (Å²) in [5.41, 5.74) is 3.40. The summed E-state index contributed by atoms with van der Waals surface area (Å²) < 4.78 is 17.4. The Labute approximate surface area is 172 Å². The Bertz CT molecular complexity index is 920. The van der Waals surface area contributed by atoms with Gasteiger partial charge in [0, 0.05) is 23.5 Å². The standard InChI is InChI=1S/C24H28N2O3/c1-27-22-13-12-17(14-23(22)28-2)19-15-20-18-10-6-7-11-21(18)29-24(26(20)25-19)16-8-4-3-5-9-16/h6-7,10-14,16,20,24H,3-5,8-9,15H2,1-2H3/t20-,24+/m0/s1. The van der Waals surface area contributed by atoms with E-state index in [4.69, 9.17) is 19.3 Å². The first-order chi connectivity index (χ1) is 14.3. The molecule has 0 saturated heterocycles. The maximum absolute atomic E-state index is 6.53. The first-order valence-corrected chi connectivity index (χ1v) is 10.6. The van der Waals surface area contributed by atoms with Gasteiger partial charge in [0.05, 0.1) is 26.0 Å². The number of benzene rings is 2. The molecule has 2 aromatic rings. The van der Waals surface area contributed by atoms with Crippen LogP contribution in [0.5, 0.6) is 17.2 Å². The number of fused-ring (bicyclic) bond motifs is 3. The van der Waals surface area contributed by atoms with Gasteiger partial charge in [0.1, 0.15) is 5.75 Å². The van der Waals surface area contributed by atoms with Crippen molar-refractivity contribution in [3.05, 3.63) is 53.6 Å². The van der Waals surface area contributed by atoms with Crippen molar-refractivity contribution in [1.82, 2.24) is 5.01 Å². The summed E-state index contributed by atoms with van der Waals surface area (Å²) in [6.07, 6.45) is 7.25. The fourth-order valence-corrected chi connectivity index (χ4v) is 4.98. The van der Waals surface area contributed by atoms with E-state index in [9.17, 15) is 0 Å². The molecule has 5 nitrogen and oxygen atoms in total. The average molecular weight is 392 g/mol. The molecule has 0 spiro atoms. The van der Waals surface area contributed by atoms with Crippen molar-refractivity contribution in [2.45, 2.75) is 50.8 Å². The maximum atomic E-state index is 6.53. The quantitative estimate of drug-likeness (QED) is 0.721. The zero-order chi connectivity index (χ0) is 19.8. The van der Waals surface area contributed by atoms with Gasteiger partial charge < -0.3 is 14.2 Å². The van der Waals surface area contributed by atoms with Gasteiger partial charge in [0.25, 0.3) is 0 Å². The molecule has 0 amide bonds. The van der Waals surface area contributed by atoms with E-state index in [1.165, 1.54) is 37.7 Å². The Morgan fingerprint density at radius 1 is 0.966 bits per heavy atom. The third kappa shape index (κ3) is 3.22. The third-order valence-electron chi connectivity index (χ3n) is 6.50. The SMILES string of the molecule is COc1ccc(C2=NN3[C@@H](C4CCCCC4)Oc4ccccc4[C@@H]3C2)cc1OC. The van der Waals surface area contributed by atoms with Crippen molar-refractivity contribution in [2.75, 3.05) is 14.2 Å². The number of para-hydroxylation sites is 1. The molecular weight excluding hydrogens is 364 g/mol. The molecule has 0 radical (unpaired) electrons. The number of nitrogens with zero attached hydrogens (tertiary/aromatic N) is 2. The van der Waals surface area contributed by atoms with Crippen molar-refractivity contribution in [3.8, 4) is 17.2 Å². The van der Waals surface area contributed by atoms with E-state index < -0.39 is 0 Å². The van der Waals surface area contributed by atoms with E-state index in [0.29, 0.717) is 5.92 Å². The topological polar surface area (TPSA) is 43.3 Å². The van der Waals surface area contributed by atoms with Crippen LogP contribution in [0.15, 0.2) is 47.6 Å². The van der Waals surface area contributed by atoms with Gasteiger partial charge in [-0.05, 0) is 37.1 Å². The molecule has 5 heteroatoms. The van der Waals surface area contributed by atoms with E-state index in [1.807, 2.05) is 12.1 Å². The Morgan fingerprint density at radius 3 is 2.55 bits per heavy atom. The van der Waals surface area contributed by atoms with E-state index in [-0.39, 0.29) is 12.3 Å². The lowest BCUT2D eigenvalue weighted by Crippen LogP contribution is -2.45. The van der Waals surface area contributed by atoms with Crippen LogP contribution in [-0.2, 0) is 0 Å². The van der Waals surface area contributed by atoms with Gasteiger partial charge in [0.2, 0.25) is 0 Å². The second-order valence-corrected chi connectivity index (χ2v) is 8.16. The van der Waals surface area contributed by atoms with Gasteiger partial charge >= 0.3 is 0 Å². The number of hydrogen-bond acceptors (Lipinski definition) is 5. The van der Waals surface area contributed by atoms with Gasteiger partial charge in [-0.25, -0.2) is 5.01 Å². The molecule has 2 atom stereocenters. The van der Waals surface area contributed by atoms with E-state index in [0.717, 1.165) is 34.9 Å². The summed E-state index contributed by atoms with van der Waals surface area (Å²) >= 11 is 0. The Morgan fingerprint density at radius 2 is 1.76 bits per heavy atom. The molecule has 3 aliphatic rings. The second kappa shape index (κ2) is 7.62. The van der Waals surface area contributed by atoms with E-state index in [1.54, 1.807) is 14.2 Å². The van der Waals surface area contributed by atoms with Gasteiger partial charge in [-0.15, -0.1) is 0 Å². The van der Waals surface area contributed by atoms with Crippen LogP contribution in [0.4, 0.5) is 0 Å². The molecule has 29 heavy (non-hydrogen) atoms. The Balaban J connectivity index is 1.51. The Kier molecular flexibility index (Phi) is 4.82. The highest BCUT2D eigenvalue weighted by molar-refractivity contribution is 6.02. The number of rotatable bonds is 4. The first kappa shape index (κ1) is 18.3. The molecule has 0 aromatic heterocycles. The highest BCUT2D eigenvalue weighted by atomic mass is 16.5. The molecule has 2 heterocycles. The molecule has 1 saturated carbocycles. The highest BCUT2D eigenvalue weighted by Gasteiger charge is 2.43. The van der Waals surface area contributed by atoms with Crippen molar-refractivity contribution in [1.29, 1.82) is 0 Å². The molecule has 0 bridgehead atoms. The monoisotopic (exact) mass is 392 g/mol. The van der Waals surface area contributed by atoms with Crippen molar-refractivity contribution < 1.29 is 14.2 Å². The van der Waals surface area contributed by atoms with Gasteiger partial charge in [0.15, 0.2) is 17.7 Å². The zero-order valence-corrected chi connectivity index (χ0v) is 17.1. The minimum Gasteiger partial charge on any atom is -0.493 e. The van der Waals surface area contributed by atoms with Crippen LogP contribution in [0.3, 0.4) is 0 Å². The number of hydrogen-bond donors (Lipinski definition) is 0. The van der Waals surface area contributed by atoms with Crippen molar-refractivity contribution in [3.63, 3.8) is 0 Å². The highest BCUT2D eigenvalue weighted by Crippen LogP contribution is 2.46. The fourth-order valence-electron chi connectivity index (χ4n) is 4.98. The summed E-state index contributed by atoms with van der Waals surface area (Å²) in [6, 6.07) is 14.7. The molecule has 5 rings (SSSR count). The molecule has 1 fully saturated rings. The van der Waals surface area contributed by atoms with E-state index in [2.05, 4.69) is 35.3 Å². The van der Waals surface area contributed by atoms with Crippen molar-refractivity contribution in [2.24, 2.45) is 11.0 Å². The van der Waals surface area contributed by atoms with Crippen LogP contribution >= 0.6 is 0 Å². The van der Waals surface area contributed by atoms with Crippen molar-refractivity contribution >= 4 is 5.71 Å². The summed E-state index contributed by atoms with van der Waals surface area (Å²) in [6.45, 7) is 0. The zero-order valence-electron chi connectivity index (χ0n) is 17.1. The molecule has 152 valence electrons. The minimum absolute atomic E-state index is 0.0212. The molecular formula is C24H28N2O3. The minimum atomic E-state index is 0.0212. The summed E-state index contributed by atoms with van der Waals surface area (Å²) in [5.74, 6) is 3.03. The second-order valence-electron chi connectivity index (χ2n) is 8.16. The fraction of sp³-hybridized carbons (Fsp3) is 0.458. The lowest BCUT2D eigenvalue weighted by Gasteiger charge is -2.42. The Hall–Kier alpha value is -2.69. The average Bonchev–Trinajstić information content (AvgIpc) is 3.24. The van der Waals surface area contributed by atoms with Gasteiger partial charge in [-0.2, -0.15) is 5.10 Å². The van der Waals surface area contributed by atoms with Crippen LogP contribution in [0.25, 0.3) is 0 Å². The van der Waals surface area contributed by atoms with Gasteiger partial charge in [-0.1, -0.05) is 37.5 Å². The molecule has 1 aliphatic carbocycles.